The smallest absolute Gasteiger partial charge is 0.143 e. The van der Waals surface area contributed by atoms with Crippen molar-refractivity contribution in [2.24, 2.45) is 5.92 Å². The molecular weight excluding hydrogens is 382 g/mol. The van der Waals surface area contributed by atoms with E-state index in [4.69, 9.17) is 16.6 Å². The van der Waals surface area contributed by atoms with Crippen LogP contribution in [0.4, 0.5) is 0 Å². The number of rotatable bonds is 4. The van der Waals surface area contributed by atoms with Crippen LogP contribution in [0.3, 0.4) is 0 Å². The van der Waals surface area contributed by atoms with Crippen molar-refractivity contribution in [3.63, 3.8) is 0 Å². The van der Waals surface area contributed by atoms with Crippen LogP contribution in [0, 0.1) is 17.2 Å². The average molecular weight is 406 g/mol. The second-order valence-electron chi connectivity index (χ2n) is 7.95. The lowest BCUT2D eigenvalue weighted by molar-refractivity contribution is 0.266. The van der Waals surface area contributed by atoms with Crippen molar-refractivity contribution in [3.8, 4) is 17.3 Å². The molecule has 0 aliphatic heterocycles. The Morgan fingerprint density at radius 1 is 1.24 bits per heavy atom. The van der Waals surface area contributed by atoms with Crippen LogP contribution in [0.25, 0.3) is 27.9 Å². The number of pyridine rings is 2. The number of allylic oxidation sites excluding steroid dienone is 1. The molecule has 1 saturated carbocycles. The maximum absolute atomic E-state index is 9.52. The topological polar surface area (TPSA) is 67.4 Å². The molecule has 1 unspecified atom stereocenters. The van der Waals surface area contributed by atoms with Crippen molar-refractivity contribution in [2.45, 2.75) is 52.0 Å². The minimum atomic E-state index is 0.257. The molecule has 6 heteroatoms. The Labute approximate surface area is 176 Å². The van der Waals surface area contributed by atoms with Gasteiger partial charge in [-0.1, -0.05) is 37.4 Å². The highest BCUT2D eigenvalue weighted by atomic mass is 35.5. The maximum Gasteiger partial charge on any atom is 0.143 e. The van der Waals surface area contributed by atoms with Gasteiger partial charge >= 0.3 is 0 Å². The first-order valence-electron chi connectivity index (χ1n) is 10.1. The zero-order valence-corrected chi connectivity index (χ0v) is 17.6. The lowest BCUT2D eigenvalue weighted by atomic mass is 9.84. The van der Waals surface area contributed by atoms with Crippen molar-refractivity contribution >= 4 is 28.2 Å². The van der Waals surface area contributed by atoms with E-state index in [-0.39, 0.29) is 6.04 Å². The summed E-state index contributed by atoms with van der Waals surface area (Å²) in [6.45, 7) is 8.41. The molecular formula is C23H24ClN5. The van der Waals surface area contributed by atoms with Crippen molar-refractivity contribution in [2.75, 3.05) is 0 Å². The van der Waals surface area contributed by atoms with Gasteiger partial charge in [0.05, 0.1) is 21.7 Å². The molecule has 4 rings (SSSR count). The van der Waals surface area contributed by atoms with Gasteiger partial charge in [0.2, 0.25) is 0 Å². The predicted octanol–water partition coefficient (Wildman–Crippen LogP) is 6.19. The van der Waals surface area contributed by atoms with Crippen LogP contribution in [0.15, 0.2) is 31.1 Å². The molecule has 1 aliphatic carbocycles. The van der Waals surface area contributed by atoms with E-state index in [0.717, 1.165) is 28.0 Å². The minimum Gasteiger partial charge on any atom is -0.319 e. The Morgan fingerprint density at radius 2 is 2.00 bits per heavy atom. The molecule has 148 valence electrons. The van der Waals surface area contributed by atoms with Gasteiger partial charge in [-0.15, -0.1) is 0 Å². The van der Waals surface area contributed by atoms with Gasteiger partial charge in [-0.25, -0.2) is 9.97 Å². The highest BCUT2D eigenvalue weighted by molar-refractivity contribution is 6.30. The summed E-state index contributed by atoms with van der Waals surface area (Å²) in [4.78, 5) is 13.7. The summed E-state index contributed by atoms with van der Waals surface area (Å²) in [5, 5.41) is 10.0. The highest BCUT2D eigenvalue weighted by Gasteiger charge is 2.27. The Balaban J connectivity index is 2.01. The summed E-state index contributed by atoms with van der Waals surface area (Å²) < 4.78 is 2.28. The third kappa shape index (κ3) is 3.65. The third-order valence-corrected chi connectivity index (χ3v) is 6.09. The molecule has 3 aromatic rings. The lowest BCUT2D eigenvalue weighted by Crippen LogP contribution is -2.21. The number of fused-ring (bicyclic) bond motifs is 1. The molecule has 0 N–H and O–H groups in total. The van der Waals surface area contributed by atoms with Crippen LogP contribution in [0.5, 0.6) is 0 Å². The maximum atomic E-state index is 9.52. The van der Waals surface area contributed by atoms with E-state index >= 15 is 0 Å². The SMILES string of the molecule is C=C(C)c1nc2cc(C#N)nc(-c3cncc(Cl)c3)c2n1C(C)C1CCCCC1. The standard InChI is InChI=1S/C23H24ClN5/c1-14(2)23-28-20-10-19(11-25)27-21(17-9-18(24)13-26-12-17)22(20)29(23)15(3)16-7-5-4-6-8-16/h9-10,12-13,15-16H,1,4-8H2,2-3H3. The van der Waals surface area contributed by atoms with Crippen LogP contribution in [-0.4, -0.2) is 19.5 Å². The first-order chi connectivity index (χ1) is 14.0. The van der Waals surface area contributed by atoms with E-state index in [0.29, 0.717) is 22.3 Å². The molecule has 3 aromatic heterocycles. The van der Waals surface area contributed by atoms with Gasteiger partial charge in [-0.3, -0.25) is 4.98 Å². The zero-order chi connectivity index (χ0) is 20.5. The summed E-state index contributed by atoms with van der Waals surface area (Å²) in [6.07, 6.45) is 9.61. The fourth-order valence-electron chi connectivity index (χ4n) is 4.45. The van der Waals surface area contributed by atoms with Gasteiger partial charge < -0.3 is 4.57 Å². The number of nitriles is 1. The Morgan fingerprint density at radius 3 is 2.66 bits per heavy atom. The Bertz CT molecular complexity index is 1120. The van der Waals surface area contributed by atoms with Gasteiger partial charge in [-0.2, -0.15) is 5.26 Å². The number of halogens is 1. The summed E-state index contributed by atoms with van der Waals surface area (Å²) in [5.74, 6) is 1.44. The van der Waals surface area contributed by atoms with Crippen LogP contribution >= 0.6 is 11.6 Å². The molecule has 0 saturated heterocycles. The molecule has 1 fully saturated rings. The predicted molar refractivity (Wildman–Crippen MR) is 116 cm³/mol. The molecule has 1 aliphatic rings. The van der Waals surface area contributed by atoms with E-state index in [1.54, 1.807) is 18.5 Å². The summed E-state index contributed by atoms with van der Waals surface area (Å²) >= 11 is 6.21. The van der Waals surface area contributed by atoms with Crippen molar-refractivity contribution < 1.29 is 0 Å². The monoisotopic (exact) mass is 405 g/mol. The second kappa shape index (κ2) is 7.96. The van der Waals surface area contributed by atoms with Crippen molar-refractivity contribution in [3.05, 3.63) is 47.6 Å². The fraction of sp³-hybridized carbons (Fsp3) is 0.391. The summed E-state index contributed by atoms with van der Waals surface area (Å²) in [7, 11) is 0. The number of hydrogen-bond acceptors (Lipinski definition) is 4. The molecule has 0 amide bonds. The number of aromatic nitrogens is 4. The van der Waals surface area contributed by atoms with Crippen molar-refractivity contribution in [1.29, 1.82) is 5.26 Å². The largest absolute Gasteiger partial charge is 0.319 e. The fourth-order valence-corrected chi connectivity index (χ4v) is 4.62. The van der Waals surface area contributed by atoms with E-state index in [2.05, 4.69) is 34.1 Å². The second-order valence-corrected chi connectivity index (χ2v) is 8.39. The van der Waals surface area contributed by atoms with E-state index in [1.165, 1.54) is 32.1 Å². The van der Waals surface area contributed by atoms with Gasteiger partial charge in [0.15, 0.2) is 0 Å². The molecule has 29 heavy (non-hydrogen) atoms. The number of imidazole rings is 1. The van der Waals surface area contributed by atoms with E-state index < -0.39 is 0 Å². The molecule has 0 radical (unpaired) electrons. The third-order valence-electron chi connectivity index (χ3n) is 5.88. The quantitative estimate of drug-likeness (QED) is 0.518. The molecule has 0 bridgehead atoms. The van der Waals surface area contributed by atoms with Gasteiger partial charge in [-0.05, 0) is 44.2 Å². The van der Waals surface area contributed by atoms with E-state index in [1.807, 2.05) is 13.0 Å². The average Bonchev–Trinajstić information content (AvgIpc) is 3.13. The van der Waals surface area contributed by atoms with Crippen molar-refractivity contribution in [1.82, 2.24) is 19.5 Å². The molecule has 5 nitrogen and oxygen atoms in total. The van der Waals surface area contributed by atoms with Gasteiger partial charge in [0, 0.05) is 30.1 Å². The Kier molecular flexibility index (Phi) is 5.38. The minimum absolute atomic E-state index is 0.257. The normalized spacial score (nSPS) is 15.9. The van der Waals surface area contributed by atoms with Gasteiger partial charge in [0.1, 0.15) is 17.6 Å². The van der Waals surface area contributed by atoms with Crippen LogP contribution in [0.2, 0.25) is 5.02 Å². The summed E-state index contributed by atoms with van der Waals surface area (Å²) in [6, 6.07) is 6.01. The van der Waals surface area contributed by atoms with Crippen LogP contribution in [-0.2, 0) is 0 Å². The molecule has 0 spiro atoms. The Hall–Kier alpha value is -2.71. The highest BCUT2D eigenvalue weighted by Crippen LogP contribution is 2.39. The lowest BCUT2D eigenvalue weighted by Gasteiger charge is -2.30. The van der Waals surface area contributed by atoms with Gasteiger partial charge in [0.25, 0.3) is 0 Å². The summed E-state index contributed by atoms with van der Waals surface area (Å²) in [5.41, 5.74) is 4.38. The molecule has 3 heterocycles. The van der Waals surface area contributed by atoms with E-state index in [9.17, 15) is 5.26 Å². The first-order valence-corrected chi connectivity index (χ1v) is 10.5. The first kappa shape index (κ1) is 19.6. The zero-order valence-electron chi connectivity index (χ0n) is 16.8. The molecule has 0 aromatic carbocycles. The number of hydrogen-bond donors (Lipinski definition) is 0. The molecule has 1 atom stereocenters. The van der Waals surface area contributed by atoms with Crippen LogP contribution < -0.4 is 0 Å². The number of nitrogens with zero attached hydrogens (tertiary/aromatic N) is 5. The van der Waals surface area contributed by atoms with Crippen LogP contribution in [0.1, 0.15) is 63.5 Å².